The molecule has 0 aliphatic heterocycles. The topological polar surface area (TPSA) is 49.7 Å². The summed E-state index contributed by atoms with van der Waals surface area (Å²) in [5.41, 5.74) is 0. The maximum absolute atomic E-state index is 9.02. The fraction of sp³-hybridized carbons (Fsp3) is 1.00. The molecule has 0 saturated heterocycles. The second-order valence-electron chi connectivity index (χ2n) is 4.95. The van der Waals surface area contributed by atoms with Crippen LogP contribution in [0, 0.1) is 5.92 Å². The summed E-state index contributed by atoms with van der Waals surface area (Å²) in [7, 11) is 6.41. The van der Waals surface area contributed by atoms with Crippen molar-refractivity contribution in [1.82, 2.24) is 0 Å². The monoisotopic (exact) mass is 206 g/mol. The quantitative estimate of drug-likeness (QED) is 0.562. The van der Waals surface area contributed by atoms with Gasteiger partial charge in [-0.3, -0.25) is 0 Å². The van der Waals surface area contributed by atoms with Crippen LogP contribution in [0.3, 0.4) is 0 Å². The van der Waals surface area contributed by atoms with Gasteiger partial charge >= 0.3 is 0 Å². The molecule has 0 heterocycles. The summed E-state index contributed by atoms with van der Waals surface area (Å²) in [4.78, 5) is 0. The predicted octanol–water partition coefficient (Wildman–Crippen LogP) is -0.301. The molecule has 4 nitrogen and oxygen atoms in total. The van der Waals surface area contributed by atoms with Crippen LogP contribution in [0.1, 0.15) is 6.92 Å². The first kappa shape index (κ1) is 13.8. The van der Waals surface area contributed by atoms with Crippen molar-refractivity contribution in [1.29, 1.82) is 0 Å². The van der Waals surface area contributed by atoms with Gasteiger partial charge in [0, 0.05) is 5.92 Å². The van der Waals surface area contributed by atoms with Crippen molar-refractivity contribution >= 4 is 0 Å². The van der Waals surface area contributed by atoms with Crippen molar-refractivity contribution in [2.45, 2.75) is 13.0 Å². The third-order valence-corrected chi connectivity index (χ3v) is 1.78. The van der Waals surface area contributed by atoms with Crippen LogP contribution in [0.2, 0.25) is 0 Å². The standard InChI is InChI=1S/C10H24NO3/c1-9(5-11(2,3)4)7-14-8-10(13)6-12/h9-10,12-13H,5-8H2,1-4H3/q+1. The SMILES string of the molecule is CC(COCC(O)CO)C[N+](C)(C)C. The van der Waals surface area contributed by atoms with Crippen LogP contribution < -0.4 is 0 Å². The number of hydrogen-bond acceptors (Lipinski definition) is 3. The fourth-order valence-corrected chi connectivity index (χ4v) is 1.45. The Morgan fingerprint density at radius 2 is 1.79 bits per heavy atom. The van der Waals surface area contributed by atoms with Crippen molar-refractivity contribution in [3.8, 4) is 0 Å². The lowest BCUT2D eigenvalue weighted by atomic mass is 10.2. The summed E-state index contributed by atoms with van der Waals surface area (Å²) in [6, 6.07) is 0. The smallest absolute Gasteiger partial charge is 0.100 e. The number of rotatable bonds is 7. The molecule has 2 unspecified atom stereocenters. The van der Waals surface area contributed by atoms with Gasteiger partial charge < -0.3 is 19.4 Å². The zero-order chi connectivity index (χ0) is 11.2. The van der Waals surface area contributed by atoms with E-state index in [-0.39, 0.29) is 13.2 Å². The van der Waals surface area contributed by atoms with E-state index in [9.17, 15) is 0 Å². The molecular formula is C10H24NO3+. The number of ether oxygens (including phenoxy) is 1. The molecule has 0 saturated carbocycles. The molecular weight excluding hydrogens is 182 g/mol. The van der Waals surface area contributed by atoms with Gasteiger partial charge in [-0.15, -0.1) is 0 Å². The molecule has 0 rings (SSSR count). The molecule has 0 amide bonds. The minimum Gasteiger partial charge on any atom is -0.394 e. The number of aliphatic hydroxyl groups excluding tert-OH is 2. The molecule has 0 radical (unpaired) electrons. The molecule has 0 aromatic rings. The van der Waals surface area contributed by atoms with E-state index in [1.165, 1.54) is 0 Å². The first-order valence-electron chi connectivity index (χ1n) is 5.02. The Labute approximate surface area is 86.7 Å². The van der Waals surface area contributed by atoms with Gasteiger partial charge in [-0.25, -0.2) is 0 Å². The maximum Gasteiger partial charge on any atom is 0.100 e. The molecule has 0 aromatic heterocycles. The second-order valence-corrected chi connectivity index (χ2v) is 4.95. The largest absolute Gasteiger partial charge is 0.394 e. The maximum atomic E-state index is 9.02. The third-order valence-electron chi connectivity index (χ3n) is 1.78. The van der Waals surface area contributed by atoms with Crippen LogP contribution in [-0.2, 0) is 4.74 Å². The van der Waals surface area contributed by atoms with Crippen molar-refractivity contribution < 1.29 is 19.4 Å². The van der Waals surface area contributed by atoms with E-state index in [4.69, 9.17) is 14.9 Å². The Morgan fingerprint density at radius 3 is 2.21 bits per heavy atom. The van der Waals surface area contributed by atoms with Crippen molar-refractivity contribution in [2.24, 2.45) is 5.92 Å². The molecule has 0 aromatic carbocycles. The number of quaternary nitrogens is 1. The van der Waals surface area contributed by atoms with E-state index in [0.29, 0.717) is 12.5 Å². The zero-order valence-corrected chi connectivity index (χ0v) is 9.73. The molecule has 0 fully saturated rings. The minimum atomic E-state index is -0.744. The normalized spacial score (nSPS) is 16.7. The second kappa shape index (κ2) is 6.35. The Balaban J connectivity index is 3.50. The molecule has 4 heteroatoms. The summed E-state index contributed by atoms with van der Waals surface area (Å²) >= 11 is 0. The molecule has 0 aliphatic carbocycles. The molecule has 0 spiro atoms. The van der Waals surface area contributed by atoms with E-state index < -0.39 is 6.10 Å². The van der Waals surface area contributed by atoms with Crippen LogP contribution in [0.15, 0.2) is 0 Å². The van der Waals surface area contributed by atoms with Crippen molar-refractivity contribution in [3.63, 3.8) is 0 Å². The summed E-state index contributed by atoms with van der Waals surface area (Å²) in [5.74, 6) is 0.459. The van der Waals surface area contributed by atoms with E-state index >= 15 is 0 Å². The lowest BCUT2D eigenvalue weighted by Crippen LogP contribution is -2.39. The van der Waals surface area contributed by atoms with Gasteiger partial charge in [0.1, 0.15) is 6.10 Å². The fourth-order valence-electron chi connectivity index (χ4n) is 1.45. The van der Waals surface area contributed by atoms with E-state index in [1.54, 1.807) is 0 Å². The minimum absolute atomic E-state index is 0.220. The van der Waals surface area contributed by atoms with Crippen molar-refractivity contribution in [2.75, 3.05) is 47.5 Å². The van der Waals surface area contributed by atoms with Gasteiger partial charge in [-0.1, -0.05) is 6.92 Å². The van der Waals surface area contributed by atoms with E-state index in [1.807, 2.05) is 0 Å². The molecule has 14 heavy (non-hydrogen) atoms. The number of nitrogens with zero attached hydrogens (tertiary/aromatic N) is 1. The summed E-state index contributed by atoms with van der Waals surface area (Å²) in [6.45, 7) is 3.78. The van der Waals surface area contributed by atoms with E-state index in [0.717, 1.165) is 11.0 Å². The van der Waals surface area contributed by atoms with Crippen LogP contribution in [0.5, 0.6) is 0 Å². The van der Waals surface area contributed by atoms with Crippen molar-refractivity contribution in [3.05, 3.63) is 0 Å². The molecule has 2 N–H and O–H groups in total. The average molecular weight is 206 g/mol. The highest BCUT2D eigenvalue weighted by atomic mass is 16.5. The highest BCUT2D eigenvalue weighted by Crippen LogP contribution is 2.02. The van der Waals surface area contributed by atoms with Crippen LogP contribution in [-0.4, -0.2) is 68.3 Å². The number of hydrogen-bond donors (Lipinski definition) is 2. The third kappa shape index (κ3) is 8.44. The van der Waals surface area contributed by atoms with Gasteiger partial charge in [-0.2, -0.15) is 0 Å². The first-order valence-corrected chi connectivity index (χ1v) is 5.02. The van der Waals surface area contributed by atoms with Gasteiger partial charge in [0.15, 0.2) is 0 Å². The Hall–Kier alpha value is -0.160. The van der Waals surface area contributed by atoms with E-state index in [2.05, 4.69) is 28.1 Å². The lowest BCUT2D eigenvalue weighted by Gasteiger charge is -2.27. The Bertz CT molecular complexity index is 145. The van der Waals surface area contributed by atoms with Gasteiger partial charge in [0.05, 0.1) is 47.5 Å². The van der Waals surface area contributed by atoms with Gasteiger partial charge in [-0.05, 0) is 0 Å². The lowest BCUT2D eigenvalue weighted by molar-refractivity contribution is -0.873. The van der Waals surface area contributed by atoms with Gasteiger partial charge in [0.2, 0.25) is 0 Å². The molecule has 0 aliphatic rings. The Kier molecular flexibility index (Phi) is 6.27. The van der Waals surface area contributed by atoms with Gasteiger partial charge in [0.25, 0.3) is 0 Å². The number of aliphatic hydroxyl groups is 2. The molecule has 0 bridgehead atoms. The van der Waals surface area contributed by atoms with Crippen LogP contribution >= 0.6 is 0 Å². The summed E-state index contributed by atoms with van der Waals surface area (Å²) in [5, 5.41) is 17.6. The van der Waals surface area contributed by atoms with Crippen LogP contribution in [0.25, 0.3) is 0 Å². The highest BCUT2D eigenvalue weighted by Gasteiger charge is 2.14. The average Bonchev–Trinajstić information content (AvgIpc) is 2.00. The zero-order valence-electron chi connectivity index (χ0n) is 9.73. The molecule has 86 valence electrons. The Morgan fingerprint density at radius 1 is 1.21 bits per heavy atom. The summed E-state index contributed by atoms with van der Waals surface area (Å²) < 4.78 is 6.18. The summed E-state index contributed by atoms with van der Waals surface area (Å²) in [6.07, 6.45) is -0.744. The highest BCUT2D eigenvalue weighted by molar-refractivity contribution is 4.52. The predicted molar refractivity (Wildman–Crippen MR) is 56.0 cm³/mol. The van der Waals surface area contributed by atoms with Crippen LogP contribution in [0.4, 0.5) is 0 Å². The first-order chi connectivity index (χ1) is 6.35. The molecule has 2 atom stereocenters.